The average molecular weight is 305 g/mol. The fourth-order valence-corrected chi connectivity index (χ4v) is 2.00. The Labute approximate surface area is 127 Å². The molecule has 0 bridgehead atoms. The SMILES string of the molecule is Cc1ccc(NC(=O)OC(CF)(CF)c2ccccc2)cc1. The zero-order valence-corrected chi connectivity index (χ0v) is 12.2. The van der Waals surface area contributed by atoms with Crippen molar-refractivity contribution in [2.45, 2.75) is 12.5 Å². The fourth-order valence-electron chi connectivity index (χ4n) is 2.00. The first-order chi connectivity index (χ1) is 10.6. The maximum Gasteiger partial charge on any atom is 0.412 e. The van der Waals surface area contributed by atoms with Crippen LogP contribution in [0.3, 0.4) is 0 Å². The van der Waals surface area contributed by atoms with Crippen LogP contribution in [0.4, 0.5) is 19.3 Å². The van der Waals surface area contributed by atoms with Crippen molar-refractivity contribution >= 4 is 11.8 Å². The van der Waals surface area contributed by atoms with Crippen LogP contribution in [0.15, 0.2) is 54.6 Å². The van der Waals surface area contributed by atoms with Gasteiger partial charge >= 0.3 is 6.09 Å². The minimum Gasteiger partial charge on any atom is -0.432 e. The topological polar surface area (TPSA) is 38.3 Å². The van der Waals surface area contributed by atoms with Crippen molar-refractivity contribution in [3.05, 3.63) is 65.7 Å². The highest BCUT2D eigenvalue weighted by molar-refractivity contribution is 5.85. The molecule has 0 aliphatic rings. The summed E-state index contributed by atoms with van der Waals surface area (Å²) in [5.41, 5.74) is -0.116. The van der Waals surface area contributed by atoms with Gasteiger partial charge in [0.05, 0.1) is 0 Å². The Kier molecular flexibility index (Phi) is 5.09. The lowest BCUT2D eigenvalue weighted by Crippen LogP contribution is -2.38. The number of rotatable bonds is 5. The van der Waals surface area contributed by atoms with E-state index in [9.17, 15) is 13.6 Å². The van der Waals surface area contributed by atoms with Crippen molar-refractivity contribution in [3.8, 4) is 0 Å². The molecular formula is C17H17F2NO2. The van der Waals surface area contributed by atoms with E-state index in [1.165, 1.54) is 12.1 Å². The number of alkyl halides is 2. The smallest absolute Gasteiger partial charge is 0.412 e. The first kappa shape index (κ1) is 15.9. The predicted octanol–water partition coefficient (Wildman–Crippen LogP) is 4.38. The van der Waals surface area contributed by atoms with E-state index in [4.69, 9.17) is 4.74 Å². The number of hydrogen-bond acceptors (Lipinski definition) is 2. The Balaban J connectivity index is 2.14. The van der Waals surface area contributed by atoms with Crippen LogP contribution in [0.1, 0.15) is 11.1 Å². The monoisotopic (exact) mass is 305 g/mol. The van der Waals surface area contributed by atoms with E-state index in [-0.39, 0.29) is 5.56 Å². The van der Waals surface area contributed by atoms with E-state index in [1.54, 1.807) is 30.3 Å². The minimum atomic E-state index is -1.92. The van der Waals surface area contributed by atoms with Crippen LogP contribution >= 0.6 is 0 Å². The maximum absolute atomic E-state index is 13.4. The van der Waals surface area contributed by atoms with Gasteiger partial charge in [-0.1, -0.05) is 48.0 Å². The third-order valence-corrected chi connectivity index (χ3v) is 3.32. The molecular weight excluding hydrogens is 288 g/mol. The number of benzene rings is 2. The first-order valence-corrected chi connectivity index (χ1v) is 6.84. The third kappa shape index (κ3) is 3.61. The van der Waals surface area contributed by atoms with E-state index < -0.39 is 25.0 Å². The highest BCUT2D eigenvalue weighted by atomic mass is 19.1. The molecule has 0 aromatic heterocycles. The highest BCUT2D eigenvalue weighted by Crippen LogP contribution is 2.28. The standard InChI is InChI=1S/C17H17F2NO2/c1-13-7-9-15(10-8-13)20-16(21)22-17(11-18,12-19)14-5-3-2-4-6-14/h2-10H,11-12H2,1H3,(H,20,21). The molecule has 0 saturated heterocycles. The zero-order valence-electron chi connectivity index (χ0n) is 12.2. The summed E-state index contributed by atoms with van der Waals surface area (Å²) in [4.78, 5) is 11.9. The molecule has 0 fully saturated rings. The molecule has 0 aliphatic carbocycles. The molecule has 0 spiro atoms. The lowest BCUT2D eigenvalue weighted by molar-refractivity contribution is -0.0224. The zero-order chi connectivity index (χ0) is 16.0. The maximum atomic E-state index is 13.4. The lowest BCUT2D eigenvalue weighted by atomic mass is 9.96. The molecule has 22 heavy (non-hydrogen) atoms. The second-order valence-electron chi connectivity index (χ2n) is 5.01. The molecule has 0 aliphatic heterocycles. The molecule has 3 nitrogen and oxygen atoms in total. The second-order valence-corrected chi connectivity index (χ2v) is 5.01. The van der Waals surface area contributed by atoms with Crippen molar-refractivity contribution in [2.75, 3.05) is 18.7 Å². The predicted molar refractivity (Wildman–Crippen MR) is 81.4 cm³/mol. The van der Waals surface area contributed by atoms with Gasteiger partial charge in [0.1, 0.15) is 13.3 Å². The van der Waals surface area contributed by atoms with Crippen LogP contribution in [-0.4, -0.2) is 19.4 Å². The summed E-state index contributed by atoms with van der Waals surface area (Å²) in [7, 11) is 0. The number of anilines is 1. The molecule has 0 heterocycles. The van der Waals surface area contributed by atoms with E-state index in [0.717, 1.165) is 5.56 Å². The van der Waals surface area contributed by atoms with Gasteiger partial charge in [0.2, 0.25) is 0 Å². The van der Waals surface area contributed by atoms with Gasteiger partial charge in [0.25, 0.3) is 0 Å². The van der Waals surface area contributed by atoms with Crippen LogP contribution in [0, 0.1) is 6.92 Å². The van der Waals surface area contributed by atoms with E-state index in [1.807, 2.05) is 19.1 Å². The van der Waals surface area contributed by atoms with Crippen molar-refractivity contribution in [1.82, 2.24) is 0 Å². The van der Waals surface area contributed by atoms with Crippen LogP contribution in [0.2, 0.25) is 0 Å². The molecule has 1 N–H and O–H groups in total. The van der Waals surface area contributed by atoms with Gasteiger partial charge in [-0.25, -0.2) is 13.6 Å². The number of ether oxygens (including phenoxy) is 1. The summed E-state index contributed by atoms with van der Waals surface area (Å²) in [5.74, 6) is 0. The Morgan fingerprint density at radius 1 is 1.05 bits per heavy atom. The molecule has 0 unspecified atom stereocenters. The van der Waals surface area contributed by atoms with Crippen molar-refractivity contribution < 1.29 is 18.3 Å². The number of hydrogen-bond donors (Lipinski definition) is 1. The average Bonchev–Trinajstić information content (AvgIpc) is 2.56. The fraction of sp³-hybridized carbons (Fsp3) is 0.235. The molecule has 2 aromatic carbocycles. The van der Waals surface area contributed by atoms with Crippen molar-refractivity contribution in [1.29, 1.82) is 0 Å². The summed E-state index contributed by atoms with van der Waals surface area (Å²) in [6.45, 7) is -0.377. The van der Waals surface area contributed by atoms with E-state index in [2.05, 4.69) is 5.32 Å². The van der Waals surface area contributed by atoms with E-state index in [0.29, 0.717) is 5.69 Å². The minimum absolute atomic E-state index is 0.277. The summed E-state index contributed by atoms with van der Waals surface area (Å²) in [5, 5.41) is 2.47. The number of halogens is 2. The van der Waals surface area contributed by atoms with Crippen LogP contribution in [-0.2, 0) is 10.3 Å². The molecule has 0 saturated carbocycles. The Morgan fingerprint density at radius 2 is 1.64 bits per heavy atom. The molecule has 0 atom stereocenters. The van der Waals surface area contributed by atoms with Gasteiger partial charge < -0.3 is 4.74 Å². The van der Waals surface area contributed by atoms with Crippen LogP contribution < -0.4 is 5.32 Å². The van der Waals surface area contributed by atoms with Crippen molar-refractivity contribution in [3.63, 3.8) is 0 Å². The van der Waals surface area contributed by atoms with Crippen molar-refractivity contribution in [2.24, 2.45) is 0 Å². The largest absolute Gasteiger partial charge is 0.432 e. The van der Waals surface area contributed by atoms with Gasteiger partial charge in [-0.05, 0) is 19.1 Å². The Bertz CT molecular complexity index is 610. The quantitative estimate of drug-likeness (QED) is 0.890. The third-order valence-electron chi connectivity index (χ3n) is 3.32. The molecule has 0 radical (unpaired) electrons. The normalized spacial score (nSPS) is 11.0. The highest BCUT2D eigenvalue weighted by Gasteiger charge is 2.37. The molecule has 116 valence electrons. The van der Waals surface area contributed by atoms with Gasteiger partial charge in [-0.2, -0.15) is 0 Å². The van der Waals surface area contributed by atoms with Crippen LogP contribution in [0.5, 0.6) is 0 Å². The number of carbonyl (C=O) groups excluding carboxylic acids is 1. The molecule has 2 aromatic rings. The number of carbonyl (C=O) groups is 1. The summed E-state index contributed by atoms with van der Waals surface area (Å²) < 4.78 is 31.9. The lowest BCUT2D eigenvalue weighted by Gasteiger charge is -2.28. The van der Waals surface area contributed by atoms with E-state index >= 15 is 0 Å². The summed E-state index contributed by atoms with van der Waals surface area (Å²) in [6, 6.07) is 15.0. The van der Waals surface area contributed by atoms with Gasteiger partial charge in [0.15, 0.2) is 5.60 Å². The van der Waals surface area contributed by atoms with Gasteiger partial charge in [0, 0.05) is 11.3 Å². The number of nitrogens with one attached hydrogen (secondary N) is 1. The van der Waals surface area contributed by atoms with Crippen LogP contribution in [0.25, 0.3) is 0 Å². The first-order valence-electron chi connectivity index (χ1n) is 6.84. The van der Waals surface area contributed by atoms with Gasteiger partial charge in [-0.15, -0.1) is 0 Å². The summed E-state index contributed by atoms with van der Waals surface area (Å²) in [6.07, 6.45) is -0.900. The Hall–Kier alpha value is -2.43. The summed E-state index contributed by atoms with van der Waals surface area (Å²) >= 11 is 0. The molecule has 5 heteroatoms. The number of amides is 1. The molecule has 1 amide bonds. The Morgan fingerprint density at radius 3 is 2.18 bits per heavy atom. The number of aryl methyl sites for hydroxylation is 1. The second kappa shape index (κ2) is 7.02. The van der Waals surface area contributed by atoms with Gasteiger partial charge in [-0.3, -0.25) is 5.32 Å². The molecule has 2 rings (SSSR count).